The predicted molar refractivity (Wildman–Crippen MR) is 85.3 cm³/mol. The van der Waals surface area contributed by atoms with E-state index in [9.17, 15) is 4.79 Å². The second-order valence-corrected chi connectivity index (χ2v) is 6.85. The Morgan fingerprint density at radius 3 is 2.43 bits per heavy atom. The lowest BCUT2D eigenvalue weighted by Crippen LogP contribution is -2.55. The largest absolute Gasteiger partial charge is 0.465 e. The summed E-state index contributed by atoms with van der Waals surface area (Å²) in [7, 11) is 0. The van der Waals surface area contributed by atoms with E-state index in [1.165, 1.54) is 25.7 Å². The first-order valence-corrected chi connectivity index (χ1v) is 8.44. The molecular weight excluding hydrogens is 266 g/mol. The van der Waals surface area contributed by atoms with Gasteiger partial charge in [-0.3, -0.25) is 10.1 Å². The number of hydrogen-bond donors (Lipinski definition) is 1. The average molecular weight is 299 g/mol. The van der Waals surface area contributed by atoms with Crippen molar-refractivity contribution in [3.63, 3.8) is 0 Å². The number of carbonyl (C=O) groups is 1. The van der Waals surface area contributed by atoms with Crippen molar-refractivity contribution in [3.05, 3.63) is 0 Å². The first kappa shape index (κ1) is 18.4. The molecule has 1 saturated carbocycles. The molecule has 1 aliphatic carbocycles. The molecule has 1 fully saturated rings. The van der Waals surface area contributed by atoms with Gasteiger partial charge in [-0.2, -0.15) is 0 Å². The molecule has 0 aromatic rings. The SMILES string of the molecule is CCOC(=O)C(C)(CC(C)OCC1CCCC1)NC(C)C. The first-order valence-electron chi connectivity index (χ1n) is 8.44. The molecule has 0 aliphatic heterocycles. The van der Waals surface area contributed by atoms with Crippen molar-refractivity contribution in [1.29, 1.82) is 0 Å². The molecule has 4 heteroatoms. The van der Waals surface area contributed by atoms with Crippen molar-refractivity contribution in [2.24, 2.45) is 5.92 Å². The van der Waals surface area contributed by atoms with Gasteiger partial charge in [0.1, 0.15) is 5.54 Å². The summed E-state index contributed by atoms with van der Waals surface area (Å²) >= 11 is 0. The summed E-state index contributed by atoms with van der Waals surface area (Å²) < 4.78 is 11.2. The maximum absolute atomic E-state index is 12.3. The van der Waals surface area contributed by atoms with E-state index in [1.54, 1.807) is 0 Å². The monoisotopic (exact) mass is 299 g/mol. The fourth-order valence-electron chi connectivity index (χ4n) is 3.24. The van der Waals surface area contributed by atoms with Crippen LogP contribution >= 0.6 is 0 Å². The van der Waals surface area contributed by atoms with Gasteiger partial charge in [-0.15, -0.1) is 0 Å². The van der Waals surface area contributed by atoms with Crippen molar-refractivity contribution in [2.75, 3.05) is 13.2 Å². The molecular formula is C17H33NO3. The van der Waals surface area contributed by atoms with E-state index < -0.39 is 5.54 Å². The minimum absolute atomic E-state index is 0.0475. The van der Waals surface area contributed by atoms with E-state index in [0.717, 1.165) is 6.61 Å². The van der Waals surface area contributed by atoms with Crippen LogP contribution in [0.1, 0.15) is 66.7 Å². The fraction of sp³-hybridized carbons (Fsp3) is 0.941. The van der Waals surface area contributed by atoms with Gasteiger partial charge < -0.3 is 9.47 Å². The van der Waals surface area contributed by atoms with Crippen molar-refractivity contribution in [3.8, 4) is 0 Å². The molecule has 1 rings (SSSR count). The molecule has 0 heterocycles. The van der Waals surface area contributed by atoms with Crippen LogP contribution < -0.4 is 5.32 Å². The smallest absolute Gasteiger partial charge is 0.326 e. The van der Waals surface area contributed by atoms with E-state index >= 15 is 0 Å². The Balaban J connectivity index is 2.51. The molecule has 0 radical (unpaired) electrons. The Morgan fingerprint density at radius 1 is 1.29 bits per heavy atom. The second kappa shape index (κ2) is 8.74. The van der Waals surface area contributed by atoms with Crippen molar-refractivity contribution >= 4 is 5.97 Å². The summed E-state index contributed by atoms with van der Waals surface area (Å²) in [4.78, 5) is 12.3. The minimum atomic E-state index is -0.681. The van der Waals surface area contributed by atoms with E-state index in [-0.39, 0.29) is 18.1 Å². The molecule has 0 bridgehead atoms. The molecule has 0 saturated heterocycles. The molecule has 0 aromatic carbocycles. The highest BCUT2D eigenvalue weighted by atomic mass is 16.5. The third-order valence-electron chi connectivity index (χ3n) is 4.12. The second-order valence-electron chi connectivity index (χ2n) is 6.85. The van der Waals surface area contributed by atoms with Gasteiger partial charge in [0.2, 0.25) is 0 Å². The van der Waals surface area contributed by atoms with Crippen molar-refractivity contribution < 1.29 is 14.3 Å². The fourth-order valence-corrected chi connectivity index (χ4v) is 3.24. The Bertz CT molecular complexity index is 313. The lowest BCUT2D eigenvalue weighted by atomic mass is 9.93. The van der Waals surface area contributed by atoms with Crippen molar-refractivity contribution in [2.45, 2.75) is 84.4 Å². The van der Waals surface area contributed by atoms with Crippen LogP contribution in [0.15, 0.2) is 0 Å². The first-order chi connectivity index (χ1) is 9.87. The molecule has 124 valence electrons. The summed E-state index contributed by atoms with van der Waals surface area (Å²) in [5, 5.41) is 3.35. The highest BCUT2D eigenvalue weighted by molar-refractivity contribution is 5.80. The Labute approximate surface area is 130 Å². The predicted octanol–water partition coefficient (Wildman–Crippen LogP) is 3.29. The van der Waals surface area contributed by atoms with Crippen LogP contribution in [0.4, 0.5) is 0 Å². The van der Waals surface area contributed by atoms with Gasteiger partial charge in [0, 0.05) is 19.1 Å². The number of hydrogen-bond acceptors (Lipinski definition) is 4. The third kappa shape index (κ3) is 6.35. The van der Waals surface area contributed by atoms with E-state index in [1.807, 2.05) is 27.7 Å². The summed E-state index contributed by atoms with van der Waals surface area (Å²) in [6, 6.07) is 0.224. The van der Waals surface area contributed by atoms with Gasteiger partial charge in [0.15, 0.2) is 0 Å². The number of ether oxygens (including phenoxy) is 2. The number of carbonyl (C=O) groups excluding carboxylic acids is 1. The highest BCUT2D eigenvalue weighted by Crippen LogP contribution is 2.26. The molecule has 0 amide bonds. The van der Waals surface area contributed by atoms with E-state index in [2.05, 4.69) is 12.2 Å². The van der Waals surface area contributed by atoms with Crippen LogP contribution in [0.3, 0.4) is 0 Å². The maximum Gasteiger partial charge on any atom is 0.326 e. The molecule has 1 aliphatic rings. The zero-order chi connectivity index (χ0) is 15.9. The number of nitrogens with one attached hydrogen (secondary N) is 1. The molecule has 4 nitrogen and oxygen atoms in total. The highest BCUT2D eigenvalue weighted by Gasteiger charge is 2.37. The third-order valence-corrected chi connectivity index (χ3v) is 4.12. The zero-order valence-corrected chi connectivity index (χ0v) is 14.4. The Kier molecular flexibility index (Phi) is 7.67. The number of esters is 1. The lowest BCUT2D eigenvalue weighted by Gasteiger charge is -2.33. The summed E-state index contributed by atoms with van der Waals surface area (Å²) in [6.45, 7) is 11.1. The average Bonchev–Trinajstić information content (AvgIpc) is 2.88. The van der Waals surface area contributed by atoms with E-state index in [0.29, 0.717) is 18.9 Å². The molecule has 0 aromatic heterocycles. The number of rotatable bonds is 9. The van der Waals surface area contributed by atoms with E-state index in [4.69, 9.17) is 9.47 Å². The molecule has 0 spiro atoms. The van der Waals surface area contributed by atoms with Crippen LogP contribution in [-0.4, -0.2) is 36.9 Å². The van der Waals surface area contributed by atoms with Gasteiger partial charge in [-0.05, 0) is 53.4 Å². The Morgan fingerprint density at radius 2 is 1.90 bits per heavy atom. The summed E-state index contributed by atoms with van der Waals surface area (Å²) in [6.07, 6.45) is 5.91. The normalized spacial score (nSPS) is 20.5. The minimum Gasteiger partial charge on any atom is -0.465 e. The maximum atomic E-state index is 12.3. The topological polar surface area (TPSA) is 47.6 Å². The molecule has 2 atom stereocenters. The summed E-state index contributed by atoms with van der Waals surface area (Å²) in [5.41, 5.74) is -0.681. The quantitative estimate of drug-likeness (QED) is 0.664. The molecule has 21 heavy (non-hydrogen) atoms. The molecule has 2 unspecified atom stereocenters. The standard InChI is InChI=1S/C17H33NO3/c1-6-20-16(19)17(5,18-13(2)3)11-14(4)21-12-15-9-7-8-10-15/h13-15,18H,6-12H2,1-5H3. The van der Waals surface area contributed by atoms with Gasteiger partial charge in [-0.25, -0.2) is 0 Å². The summed E-state index contributed by atoms with van der Waals surface area (Å²) in [5.74, 6) is 0.523. The lowest BCUT2D eigenvalue weighted by molar-refractivity contribution is -0.152. The van der Waals surface area contributed by atoms with Gasteiger partial charge in [0.25, 0.3) is 0 Å². The van der Waals surface area contributed by atoms with Gasteiger partial charge >= 0.3 is 5.97 Å². The van der Waals surface area contributed by atoms with Gasteiger partial charge in [0.05, 0.1) is 12.7 Å². The van der Waals surface area contributed by atoms with Gasteiger partial charge in [-0.1, -0.05) is 12.8 Å². The van der Waals surface area contributed by atoms with Crippen LogP contribution in [0.2, 0.25) is 0 Å². The van der Waals surface area contributed by atoms with Crippen LogP contribution in [0.5, 0.6) is 0 Å². The van der Waals surface area contributed by atoms with Crippen LogP contribution in [0.25, 0.3) is 0 Å². The zero-order valence-electron chi connectivity index (χ0n) is 14.4. The van der Waals surface area contributed by atoms with Crippen LogP contribution in [0, 0.1) is 5.92 Å². The molecule has 1 N–H and O–H groups in total. The van der Waals surface area contributed by atoms with Crippen LogP contribution in [-0.2, 0) is 14.3 Å². The Hall–Kier alpha value is -0.610. The van der Waals surface area contributed by atoms with Crippen molar-refractivity contribution in [1.82, 2.24) is 5.32 Å².